The van der Waals surface area contributed by atoms with Crippen LogP contribution in [0.4, 0.5) is 17.6 Å². The van der Waals surface area contributed by atoms with Crippen LogP contribution in [0.1, 0.15) is 40.1 Å². The lowest BCUT2D eigenvalue weighted by Crippen LogP contribution is -2.31. The molecule has 5 aromatic rings. The molecule has 15 heteroatoms. The Balaban J connectivity index is 1.39. The van der Waals surface area contributed by atoms with Crippen molar-refractivity contribution in [2.75, 3.05) is 13.2 Å². The van der Waals surface area contributed by atoms with Crippen molar-refractivity contribution in [1.29, 1.82) is 0 Å². The molecule has 4 aromatic carbocycles. The van der Waals surface area contributed by atoms with Crippen LogP contribution in [0, 0.1) is 23.3 Å². The monoisotopic (exact) mass is 857 g/mol. The van der Waals surface area contributed by atoms with Gasteiger partial charge < -0.3 is 45.5 Å². The summed E-state index contributed by atoms with van der Waals surface area (Å²) in [5.41, 5.74) is 1.73. The van der Waals surface area contributed by atoms with Gasteiger partial charge >= 0.3 is 0 Å². The molecule has 8 bridgehead atoms. The van der Waals surface area contributed by atoms with Crippen molar-refractivity contribution >= 4 is 33.7 Å². The zero-order chi connectivity index (χ0) is 44.3. The van der Waals surface area contributed by atoms with Crippen LogP contribution >= 0.6 is 0 Å². The van der Waals surface area contributed by atoms with E-state index in [1.807, 2.05) is 0 Å². The van der Waals surface area contributed by atoms with Crippen molar-refractivity contribution in [1.82, 2.24) is 4.98 Å². The number of hydrogen-bond acceptors (Lipinski definition) is 10. The number of aromatic amines is 1. The lowest BCUT2D eigenvalue weighted by atomic mass is 9.88. The van der Waals surface area contributed by atoms with Crippen LogP contribution in [-0.4, -0.2) is 83.7 Å². The highest BCUT2D eigenvalue weighted by Crippen LogP contribution is 2.45. The average molecular weight is 858 g/mol. The van der Waals surface area contributed by atoms with E-state index in [1.54, 1.807) is 66.8 Å². The summed E-state index contributed by atoms with van der Waals surface area (Å²) < 4.78 is 69.9. The lowest BCUT2D eigenvalue weighted by Gasteiger charge is -2.20. The van der Waals surface area contributed by atoms with E-state index in [-0.39, 0.29) is 51.8 Å². The largest absolute Gasteiger partial charge is 0.508 e. The van der Waals surface area contributed by atoms with E-state index in [9.17, 15) is 35.7 Å². The molecule has 4 aliphatic rings. The molecule has 3 atom stereocenters. The summed E-state index contributed by atoms with van der Waals surface area (Å²) >= 11 is 0. The maximum absolute atomic E-state index is 16.6. The first-order valence-electron chi connectivity index (χ1n) is 19.5. The Bertz CT molecular complexity index is 2980. The molecule has 8 N–H and O–H groups in total. The Morgan fingerprint density at radius 3 is 1.75 bits per heavy atom. The molecule has 4 heterocycles. The smallest absolute Gasteiger partial charge is 0.204 e. The topological polar surface area (TPSA) is 191 Å². The molecule has 0 saturated carbocycles. The second-order valence-electron chi connectivity index (χ2n) is 15.1. The number of benzene rings is 4. The number of fused-ring (bicyclic) bond motifs is 6. The molecular weight excluding hydrogens is 823 g/mol. The van der Waals surface area contributed by atoms with Crippen LogP contribution in [-0.2, 0) is 0 Å². The van der Waals surface area contributed by atoms with Gasteiger partial charge in [-0.2, -0.15) is 8.78 Å². The fraction of sp³-hybridized carbons (Fsp3) is 0.125. The maximum Gasteiger partial charge on any atom is 0.204 e. The third kappa shape index (κ3) is 7.26. The van der Waals surface area contributed by atoms with Crippen LogP contribution in [0.15, 0.2) is 142 Å². The number of rotatable bonds is 8. The molecule has 3 aliphatic heterocycles. The van der Waals surface area contributed by atoms with Gasteiger partial charge in [0.2, 0.25) is 11.6 Å². The number of hydrogen-bond donors (Lipinski definition) is 8. The summed E-state index contributed by atoms with van der Waals surface area (Å²) in [4.78, 5) is 13.0. The number of nitrogens with zero attached hydrogens (tertiary/aromatic N) is 2. The number of phenolic OH excluding ortho intramolecular Hbond substituents is 3. The first kappa shape index (κ1) is 41.1. The minimum atomic E-state index is -2.05. The minimum Gasteiger partial charge on any atom is -0.508 e. The zero-order valence-corrected chi connectivity index (χ0v) is 32.7. The van der Waals surface area contributed by atoms with Crippen LogP contribution in [0.2, 0.25) is 0 Å². The number of H-pyrrole nitrogens is 1. The van der Waals surface area contributed by atoms with E-state index in [2.05, 4.69) is 9.98 Å². The van der Waals surface area contributed by atoms with Crippen molar-refractivity contribution in [3.05, 3.63) is 189 Å². The number of aromatic nitrogens is 1. The van der Waals surface area contributed by atoms with Gasteiger partial charge in [-0.3, -0.25) is 4.99 Å². The molecule has 1 aliphatic carbocycles. The molecular formula is C48H35F4N3O8. The van der Waals surface area contributed by atoms with Crippen LogP contribution < -0.4 is 4.74 Å². The Morgan fingerprint density at radius 1 is 0.635 bits per heavy atom. The number of phenols is 3. The van der Waals surface area contributed by atoms with Crippen molar-refractivity contribution in [2.24, 2.45) is 9.98 Å². The van der Waals surface area contributed by atoms with E-state index in [1.165, 1.54) is 42.5 Å². The fourth-order valence-electron chi connectivity index (χ4n) is 8.17. The summed E-state index contributed by atoms with van der Waals surface area (Å²) in [6.45, 7) is -1.79. The van der Waals surface area contributed by atoms with Crippen molar-refractivity contribution in [3.63, 3.8) is 0 Å². The predicted molar refractivity (Wildman–Crippen MR) is 226 cm³/mol. The van der Waals surface area contributed by atoms with E-state index in [0.29, 0.717) is 44.9 Å². The van der Waals surface area contributed by atoms with Gasteiger partial charge in [0, 0.05) is 33.7 Å². The van der Waals surface area contributed by atoms with Gasteiger partial charge in [0.15, 0.2) is 17.4 Å². The normalized spacial score (nSPS) is 18.8. The number of halogens is 4. The minimum absolute atomic E-state index is 0.00169. The summed E-state index contributed by atoms with van der Waals surface area (Å²) in [6, 6.07) is 22.0. The van der Waals surface area contributed by atoms with E-state index >= 15 is 17.6 Å². The molecule has 63 heavy (non-hydrogen) atoms. The number of aromatic hydroxyl groups is 3. The highest BCUT2D eigenvalue weighted by molar-refractivity contribution is 6.33. The Hall–Kier alpha value is -7.30. The molecule has 0 radical (unpaired) electrons. The molecule has 3 unspecified atom stereocenters. The van der Waals surface area contributed by atoms with Gasteiger partial charge in [-0.05, 0) is 94.9 Å². The van der Waals surface area contributed by atoms with E-state index in [4.69, 9.17) is 9.73 Å². The number of aliphatic hydroxyl groups is 4. The molecule has 11 nitrogen and oxygen atoms in total. The van der Waals surface area contributed by atoms with Crippen molar-refractivity contribution < 1.29 is 58.0 Å². The van der Waals surface area contributed by atoms with Gasteiger partial charge in [0.25, 0.3) is 0 Å². The highest BCUT2D eigenvalue weighted by atomic mass is 19.2. The molecule has 0 saturated heterocycles. The van der Waals surface area contributed by atoms with Crippen LogP contribution in [0.25, 0.3) is 22.3 Å². The molecule has 1 aromatic heterocycles. The predicted octanol–water partition coefficient (Wildman–Crippen LogP) is 7.01. The highest BCUT2D eigenvalue weighted by Gasteiger charge is 2.42. The van der Waals surface area contributed by atoms with Gasteiger partial charge in [0.1, 0.15) is 42.2 Å². The zero-order valence-electron chi connectivity index (χ0n) is 32.7. The second kappa shape index (κ2) is 16.2. The second-order valence-corrected chi connectivity index (χ2v) is 15.1. The van der Waals surface area contributed by atoms with E-state index < -0.39 is 77.4 Å². The van der Waals surface area contributed by atoms with Crippen LogP contribution in [0.3, 0.4) is 0 Å². The quantitative estimate of drug-likeness (QED) is 0.0604. The van der Waals surface area contributed by atoms with Crippen LogP contribution in [0.5, 0.6) is 23.0 Å². The summed E-state index contributed by atoms with van der Waals surface area (Å²) in [5, 5.41) is 74.6. The SMILES string of the molecule is OCC(O)COc1c(F)c(F)c(C2=C3C=CC(=C(c4cccc(O)c4)C4=NC(=C(c5cccc(O)c5)c5ccc([nH]5)C(c5cccc(O)c5)=C5N=C2C(O)C5O)C=C4)C3)c(F)c1F. The Labute approximate surface area is 355 Å². The maximum atomic E-state index is 16.6. The van der Waals surface area contributed by atoms with Gasteiger partial charge in [-0.1, -0.05) is 48.6 Å². The van der Waals surface area contributed by atoms with Gasteiger partial charge in [-0.25, -0.2) is 13.8 Å². The number of nitrogens with one attached hydrogen (secondary N) is 1. The fourth-order valence-corrected chi connectivity index (χ4v) is 8.17. The van der Waals surface area contributed by atoms with Gasteiger partial charge in [0.05, 0.1) is 35.0 Å². The van der Waals surface area contributed by atoms with Crippen molar-refractivity contribution in [2.45, 2.75) is 24.7 Å². The molecule has 0 fully saturated rings. The average Bonchev–Trinajstić information content (AvgIpc) is 4.10. The number of aliphatic imine (C=N–C) groups is 2. The molecule has 0 spiro atoms. The summed E-state index contributed by atoms with van der Waals surface area (Å²) in [6.07, 6.45) is 0.653. The summed E-state index contributed by atoms with van der Waals surface area (Å²) in [5.74, 6) is -9.65. The van der Waals surface area contributed by atoms with E-state index in [0.717, 1.165) is 0 Å². The number of ether oxygens (including phenoxy) is 1. The molecule has 318 valence electrons. The third-order valence-corrected chi connectivity index (χ3v) is 11.0. The lowest BCUT2D eigenvalue weighted by molar-refractivity contribution is 0.0503. The first-order chi connectivity index (χ1) is 30.3. The Kier molecular flexibility index (Phi) is 10.6. The first-order valence-corrected chi connectivity index (χ1v) is 19.5. The number of aliphatic hydroxyl groups excluding tert-OH is 4. The molecule has 9 rings (SSSR count). The third-order valence-electron chi connectivity index (χ3n) is 11.0. The Morgan fingerprint density at radius 2 is 1.17 bits per heavy atom. The summed E-state index contributed by atoms with van der Waals surface area (Å²) in [7, 11) is 0. The van der Waals surface area contributed by atoms with Crippen molar-refractivity contribution in [3.8, 4) is 23.0 Å². The number of allylic oxidation sites excluding steroid dienone is 7. The standard InChI is InChI=1S/C48H35F4N3O8/c49-40-39(41(50)43(52)48(42(40)51)63-21-30(60)20-56)38-26-11-10-25(16-26)35(22-4-1-7-27(57)17-22)31-12-13-32(53-31)36(23-5-2-8-28(58)18-23)33-14-15-34(54-33)37(24-6-3-9-29(59)19-24)44-46(61)47(62)45(38)55-44/h1-15,17-19,30,46-47,54,56-62H,16,20-21H2. The van der Waals surface area contributed by atoms with Gasteiger partial charge in [-0.15, -0.1) is 0 Å². The molecule has 0 amide bonds.